The summed E-state index contributed by atoms with van der Waals surface area (Å²) >= 11 is 5.82. The van der Waals surface area contributed by atoms with Crippen molar-refractivity contribution >= 4 is 11.6 Å². The van der Waals surface area contributed by atoms with E-state index in [1.54, 1.807) is 0 Å². The van der Waals surface area contributed by atoms with Gasteiger partial charge in [0, 0.05) is 11.6 Å². The lowest BCUT2D eigenvalue weighted by molar-refractivity contribution is 0.0971. The van der Waals surface area contributed by atoms with Gasteiger partial charge < -0.3 is 9.47 Å². The lowest BCUT2D eigenvalue weighted by Crippen LogP contribution is -2.40. The van der Waals surface area contributed by atoms with Crippen LogP contribution in [0.3, 0.4) is 0 Å². The summed E-state index contributed by atoms with van der Waals surface area (Å²) in [6.45, 7) is 1.44. The van der Waals surface area contributed by atoms with Gasteiger partial charge in [0.1, 0.15) is 12.4 Å². The van der Waals surface area contributed by atoms with E-state index in [-0.39, 0.29) is 6.04 Å². The van der Waals surface area contributed by atoms with Gasteiger partial charge in [-0.2, -0.15) is 0 Å². The second-order valence-electron chi connectivity index (χ2n) is 4.84. The topological polar surface area (TPSA) is 56.5 Å². The second kappa shape index (κ2) is 7.70. The monoisotopic (exact) mass is 284 g/mol. The molecule has 19 heavy (non-hydrogen) atoms. The summed E-state index contributed by atoms with van der Waals surface area (Å²) in [6.07, 6.45) is 4.71. The number of nitrogens with two attached hydrogens (primary N) is 1. The van der Waals surface area contributed by atoms with Gasteiger partial charge in [-0.15, -0.1) is 0 Å². The number of hydrogen-bond acceptors (Lipinski definition) is 4. The average Bonchev–Trinajstić information content (AvgIpc) is 2.94. The molecule has 0 spiro atoms. The van der Waals surface area contributed by atoms with Crippen molar-refractivity contribution in [1.82, 2.24) is 5.43 Å². The average molecular weight is 285 g/mol. The third-order valence-electron chi connectivity index (χ3n) is 3.36. The molecule has 1 aliphatic rings. The van der Waals surface area contributed by atoms with E-state index in [0.29, 0.717) is 17.7 Å². The van der Waals surface area contributed by atoms with Gasteiger partial charge in [0.05, 0.1) is 12.1 Å². The molecule has 4 nitrogen and oxygen atoms in total. The Morgan fingerprint density at radius 3 is 2.84 bits per heavy atom. The van der Waals surface area contributed by atoms with Crippen molar-refractivity contribution in [2.75, 3.05) is 13.2 Å². The minimum Gasteiger partial charge on any atom is -0.492 e. The number of hydrogen-bond donors (Lipinski definition) is 2. The third kappa shape index (κ3) is 4.99. The van der Waals surface area contributed by atoms with Crippen molar-refractivity contribution in [2.45, 2.75) is 37.8 Å². The van der Waals surface area contributed by atoms with Crippen LogP contribution in [0.5, 0.6) is 5.75 Å². The van der Waals surface area contributed by atoms with E-state index in [2.05, 4.69) is 5.43 Å². The van der Waals surface area contributed by atoms with Crippen molar-refractivity contribution in [2.24, 2.45) is 5.84 Å². The van der Waals surface area contributed by atoms with Crippen molar-refractivity contribution in [3.05, 3.63) is 29.3 Å². The summed E-state index contributed by atoms with van der Waals surface area (Å²) in [5.74, 6) is 6.36. The Hall–Kier alpha value is -0.810. The maximum atomic E-state index is 5.82. The first kappa shape index (κ1) is 14.6. The quantitative estimate of drug-likeness (QED) is 0.597. The van der Waals surface area contributed by atoms with E-state index in [0.717, 1.165) is 31.6 Å². The van der Waals surface area contributed by atoms with Crippen LogP contribution in [-0.4, -0.2) is 25.4 Å². The fraction of sp³-hybridized carbons (Fsp3) is 0.571. The second-order valence-corrected chi connectivity index (χ2v) is 5.28. The van der Waals surface area contributed by atoms with Gasteiger partial charge in [-0.25, -0.2) is 0 Å². The van der Waals surface area contributed by atoms with Crippen LogP contribution in [0.15, 0.2) is 24.3 Å². The maximum Gasteiger partial charge on any atom is 0.119 e. The first-order valence-electron chi connectivity index (χ1n) is 6.74. The van der Waals surface area contributed by atoms with Crippen molar-refractivity contribution in [1.29, 1.82) is 0 Å². The first-order valence-corrected chi connectivity index (χ1v) is 7.12. The first-order chi connectivity index (χ1) is 9.28. The molecule has 1 fully saturated rings. The highest BCUT2D eigenvalue weighted by molar-refractivity contribution is 6.30. The SMILES string of the molecule is NNC(CCC1CCCO1)COc1ccc(Cl)cc1. The highest BCUT2D eigenvalue weighted by Crippen LogP contribution is 2.19. The number of halogens is 1. The molecule has 0 bridgehead atoms. The van der Waals surface area contributed by atoms with Crippen molar-refractivity contribution in [3.63, 3.8) is 0 Å². The molecule has 1 aromatic carbocycles. The van der Waals surface area contributed by atoms with Crippen LogP contribution < -0.4 is 16.0 Å². The minimum atomic E-state index is 0.139. The molecule has 1 aliphatic heterocycles. The number of benzene rings is 1. The Labute approximate surface area is 119 Å². The molecule has 0 aromatic heterocycles. The zero-order valence-corrected chi connectivity index (χ0v) is 11.7. The fourth-order valence-electron chi connectivity index (χ4n) is 2.20. The number of ether oxygens (including phenoxy) is 2. The summed E-state index contributed by atoms with van der Waals surface area (Å²) in [6, 6.07) is 7.48. The van der Waals surface area contributed by atoms with Crippen LogP contribution in [0, 0.1) is 0 Å². The predicted octanol–water partition coefficient (Wildman–Crippen LogP) is 2.51. The third-order valence-corrected chi connectivity index (χ3v) is 3.61. The molecule has 0 amide bonds. The smallest absolute Gasteiger partial charge is 0.119 e. The van der Waals surface area contributed by atoms with E-state index in [1.807, 2.05) is 24.3 Å². The Kier molecular flexibility index (Phi) is 5.92. The molecule has 2 atom stereocenters. The van der Waals surface area contributed by atoms with E-state index < -0.39 is 0 Å². The Morgan fingerprint density at radius 1 is 1.42 bits per heavy atom. The van der Waals surface area contributed by atoms with Crippen molar-refractivity contribution in [3.8, 4) is 5.75 Å². The molecule has 0 radical (unpaired) electrons. The normalized spacial score (nSPS) is 20.4. The fourth-order valence-corrected chi connectivity index (χ4v) is 2.33. The van der Waals surface area contributed by atoms with Crippen LogP contribution in [-0.2, 0) is 4.74 Å². The van der Waals surface area contributed by atoms with E-state index in [1.165, 1.54) is 6.42 Å². The van der Waals surface area contributed by atoms with Gasteiger partial charge >= 0.3 is 0 Å². The number of nitrogens with one attached hydrogen (secondary N) is 1. The largest absolute Gasteiger partial charge is 0.492 e. The predicted molar refractivity (Wildman–Crippen MR) is 76.3 cm³/mol. The lowest BCUT2D eigenvalue weighted by Gasteiger charge is -2.18. The summed E-state index contributed by atoms with van der Waals surface area (Å²) in [7, 11) is 0. The van der Waals surface area contributed by atoms with E-state index >= 15 is 0 Å². The molecule has 0 aliphatic carbocycles. The Morgan fingerprint density at radius 2 is 2.21 bits per heavy atom. The minimum absolute atomic E-state index is 0.139. The lowest BCUT2D eigenvalue weighted by atomic mass is 10.1. The molecule has 3 N–H and O–H groups in total. The van der Waals surface area contributed by atoms with Crippen LogP contribution in [0.25, 0.3) is 0 Å². The summed E-state index contributed by atoms with van der Waals surface area (Å²) < 4.78 is 11.3. The summed E-state index contributed by atoms with van der Waals surface area (Å²) in [5, 5.41) is 0.708. The Bertz CT molecular complexity index is 366. The summed E-state index contributed by atoms with van der Waals surface area (Å²) in [5.41, 5.74) is 2.80. The number of rotatable bonds is 7. The molecular weight excluding hydrogens is 264 g/mol. The van der Waals surface area contributed by atoms with Gasteiger partial charge in [0.15, 0.2) is 0 Å². The number of hydrazine groups is 1. The van der Waals surface area contributed by atoms with Gasteiger partial charge in [0.25, 0.3) is 0 Å². The van der Waals surface area contributed by atoms with Gasteiger partial charge in [-0.05, 0) is 49.9 Å². The van der Waals surface area contributed by atoms with Gasteiger partial charge in [-0.3, -0.25) is 11.3 Å². The van der Waals surface area contributed by atoms with Crippen LogP contribution in [0.2, 0.25) is 5.02 Å². The molecule has 1 saturated heterocycles. The highest BCUT2D eigenvalue weighted by atomic mass is 35.5. The van der Waals surface area contributed by atoms with E-state index in [4.69, 9.17) is 26.9 Å². The van der Waals surface area contributed by atoms with E-state index in [9.17, 15) is 0 Å². The molecular formula is C14H21ClN2O2. The van der Waals surface area contributed by atoms with Crippen LogP contribution in [0.4, 0.5) is 0 Å². The Balaban J connectivity index is 1.70. The molecule has 106 valence electrons. The molecule has 2 unspecified atom stereocenters. The van der Waals surface area contributed by atoms with Gasteiger partial charge in [0.2, 0.25) is 0 Å². The summed E-state index contributed by atoms with van der Waals surface area (Å²) in [4.78, 5) is 0. The zero-order valence-electron chi connectivity index (χ0n) is 11.0. The zero-order chi connectivity index (χ0) is 13.5. The van der Waals surface area contributed by atoms with Crippen molar-refractivity contribution < 1.29 is 9.47 Å². The highest BCUT2D eigenvalue weighted by Gasteiger charge is 2.17. The standard InChI is InChI=1S/C14H21ClN2O2/c15-11-3-6-14(7-4-11)19-10-12(17-16)5-8-13-2-1-9-18-13/h3-4,6-7,12-13,17H,1-2,5,8-10,16H2. The molecule has 2 rings (SSSR count). The van der Waals surface area contributed by atoms with Gasteiger partial charge in [-0.1, -0.05) is 11.6 Å². The maximum absolute atomic E-state index is 5.82. The van der Waals surface area contributed by atoms with Crippen LogP contribution in [0.1, 0.15) is 25.7 Å². The van der Waals surface area contributed by atoms with Crippen LogP contribution >= 0.6 is 11.6 Å². The molecule has 1 aromatic rings. The molecule has 1 heterocycles. The molecule has 5 heteroatoms. The molecule has 0 saturated carbocycles.